The van der Waals surface area contributed by atoms with Crippen LogP contribution in [0, 0.1) is 13.8 Å². The summed E-state index contributed by atoms with van der Waals surface area (Å²) < 4.78 is 5.34. The van der Waals surface area contributed by atoms with Gasteiger partial charge in [0.1, 0.15) is 5.75 Å². The average Bonchev–Trinajstić information content (AvgIpc) is 2.19. The summed E-state index contributed by atoms with van der Waals surface area (Å²) in [4.78, 5) is 0. The van der Waals surface area contributed by atoms with Crippen LogP contribution in [0.2, 0.25) is 0 Å². The molecule has 0 aliphatic rings. The molecule has 0 radical (unpaired) electrons. The quantitative estimate of drug-likeness (QED) is 0.793. The van der Waals surface area contributed by atoms with Gasteiger partial charge in [0.05, 0.1) is 7.11 Å². The molecule has 0 aliphatic carbocycles. The second-order valence-corrected chi connectivity index (χ2v) is 3.53. The van der Waals surface area contributed by atoms with E-state index in [2.05, 4.69) is 38.2 Å². The Morgan fingerprint density at radius 2 is 1.86 bits per heavy atom. The van der Waals surface area contributed by atoms with Crippen molar-refractivity contribution in [2.75, 3.05) is 13.7 Å². The summed E-state index contributed by atoms with van der Waals surface area (Å²) in [5.41, 5.74) is 3.83. The molecule has 0 unspecified atom stereocenters. The minimum Gasteiger partial charge on any atom is -0.496 e. The van der Waals surface area contributed by atoms with Crippen LogP contribution in [0.1, 0.15) is 23.6 Å². The van der Waals surface area contributed by atoms with E-state index in [1.54, 1.807) is 7.11 Å². The average molecular weight is 193 g/mol. The molecule has 1 aromatic carbocycles. The molecule has 2 heteroatoms. The molecule has 0 heterocycles. The Labute approximate surface area is 86.3 Å². The van der Waals surface area contributed by atoms with Gasteiger partial charge >= 0.3 is 0 Å². The summed E-state index contributed by atoms with van der Waals surface area (Å²) in [7, 11) is 1.72. The Morgan fingerprint density at radius 3 is 2.43 bits per heavy atom. The lowest BCUT2D eigenvalue weighted by Crippen LogP contribution is -2.12. The van der Waals surface area contributed by atoms with E-state index in [0.717, 1.165) is 18.8 Å². The van der Waals surface area contributed by atoms with Gasteiger partial charge in [-0.1, -0.05) is 13.0 Å². The maximum Gasteiger partial charge on any atom is 0.123 e. The predicted molar refractivity (Wildman–Crippen MR) is 59.8 cm³/mol. The lowest BCUT2D eigenvalue weighted by Gasteiger charge is -2.11. The Balaban J connectivity index is 2.95. The highest BCUT2D eigenvalue weighted by Crippen LogP contribution is 2.22. The van der Waals surface area contributed by atoms with Crippen molar-refractivity contribution in [3.8, 4) is 5.75 Å². The van der Waals surface area contributed by atoms with Gasteiger partial charge in [-0.15, -0.1) is 0 Å². The van der Waals surface area contributed by atoms with Crippen LogP contribution in [-0.2, 0) is 6.54 Å². The largest absolute Gasteiger partial charge is 0.496 e. The van der Waals surface area contributed by atoms with Crippen molar-refractivity contribution < 1.29 is 4.74 Å². The first-order valence-electron chi connectivity index (χ1n) is 5.03. The lowest BCUT2D eigenvalue weighted by molar-refractivity contribution is 0.407. The molecule has 2 nitrogen and oxygen atoms in total. The second-order valence-electron chi connectivity index (χ2n) is 3.53. The summed E-state index contributed by atoms with van der Waals surface area (Å²) >= 11 is 0. The van der Waals surface area contributed by atoms with E-state index < -0.39 is 0 Å². The third-order valence-corrected chi connectivity index (χ3v) is 2.46. The molecule has 14 heavy (non-hydrogen) atoms. The van der Waals surface area contributed by atoms with Crippen LogP contribution >= 0.6 is 0 Å². The smallest absolute Gasteiger partial charge is 0.123 e. The van der Waals surface area contributed by atoms with Crippen molar-refractivity contribution in [2.45, 2.75) is 27.3 Å². The van der Waals surface area contributed by atoms with Crippen LogP contribution in [-0.4, -0.2) is 13.7 Å². The van der Waals surface area contributed by atoms with Crippen molar-refractivity contribution in [3.05, 3.63) is 28.8 Å². The third kappa shape index (κ3) is 2.48. The fraction of sp³-hybridized carbons (Fsp3) is 0.500. The first-order valence-corrected chi connectivity index (χ1v) is 5.03. The molecule has 78 valence electrons. The zero-order chi connectivity index (χ0) is 10.6. The van der Waals surface area contributed by atoms with Crippen molar-refractivity contribution in [3.63, 3.8) is 0 Å². The number of benzene rings is 1. The Bertz CT molecular complexity index is 307. The van der Waals surface area contributed by atoms with Crippen LogP contribution in [0.4, 0.5) is 0 Å². The maximum atomic E-state index is 5.34. The molecule has 0 saturated carbocycles. The highest BCUT2D eigenvalue weighted by atomic mass is 16.5. The summed E-state index contributed by atoms with van der Waals surface area (Å²) in [5.74, 6) is 0.981. The number of hydrogen-bond acceptors (Lipinski definition) is 2. The van der Waals surface area contributed by atoms with Crippen molar-refractivity contribution in [2.24, 2.45) is 0 Å². The Kier molecular flexibility index (Phi) is 3.96. The molecule has 0 bridgehead atoms. The molecule has 0 spiro atoms. The van der Waals surface area contributed by atoms with Crippen LogP contribution in [0.15, 0.2) is 12.1 Å². The van der Waals surface area contributed by atoms with Gasteiger partial charge in [0.15, 0.2) is 0 Å². The van der Waals surface area contributed by atoms with E-state index in [1.165, 1.54) is 16.7 Å². The molecule has 1 N–H and O–H groups in total. The summed E-state index contributed by atoms with van der Waals surface area (Å²) in [6.45, 7) is 8.20. The zero-order valence-corrected chi connectivity index (χ0v) is 9.48. The topological polar surface area (TPSA) is 21.3 Å². The number of hydrogen-bond donors (Lipinski definition) is 1. The first kappa shape index (κ1) is 11.1. The van der Waals surface area contributed by atoms with Crippen molar-refractivity contribution >= 4 is 0 Å². The summed E-state index contributed by atoms with van der Waals surface area (Å²) in [6, 6.07) is 4.29. The molecular weight excluding hydrogens is 174 g/mol. The highest BCUT2D eigenvalue weighted by molar-refractivity contribution is 5.41. The van der Waals surface area contributed by atoms with Gasteiger partial charge < -0.3 is 10.1 Å². The van der Waals surface area contributed by atoms with Gasteiger partial charge in [-0.3, -0.25) is 0 Å². The van der Waals surface area contributed by atoms with Crippen LogP contribution in [0.3, 0.4) is 0 Å². The molecule has 0 saturated heterocycles. The van der Waals surface area contributed by atoms with Gasteiger partial charge in [-0.05, 0) is 37.6 Å². The normalized spacial score (nSPS) is 10.3. The second kappa shape index (κ2) is 5.01. The van der Waals surface area contributed by atoms with Crippen molar-refractivity contribution in [1.82, 2.24) is 5.32 Å². The fourth-order valence-electron chi connectivity index (χ4n) is 1.44. The van der Waals surface area contributed by atoms with Gasteiger partial charge in [-0.2, -0.15) is 0 Å². The van der Waals surface area contributed by atoms with Gasteiger partial charge in [0.2, 0.25) is 0 Å². The van der Waals surface area contributed by atoms with E-state index in [9.17, 15) is 0 Å². The molecule has 0 aliphatic heterocycles. The predicted octanol–water partition coefficient (Wildman–Crippen LogP) is 2.42. The van der Waals surface area contributed by atoms with Crippen LogP contribution < -0.4 is 10.1 Å². The molecule has 0 aromatic heterocycles. The Hall–Kier alpha value is -1.02. The maximum absolute atomic E-state index is 5.34. The molecule has 1 aromatic rings. The van der Waals surface area contributed by atoms with Crippen LogP contribution in [0.5, 0.6) is 5.75 Å². The van der Waals surface area contributed by atoms with Gasteiger partial charge in [0, 0.05) is 12.1 Å². The number of nitrogens with one attached hydrogen (secondary N) is 1. The number of ether oxygens (including phenoxy) is 1. The molecule has 0 amide bonds. The highest BCUT2D eigenvalue weighted by Gasteiger charge is 2.04. The first-order chi connectivity index (χ1) is 6.69. The van der Waals surface area contributed by atoms with E-state index in [-0.39, 0.29) is 0 Å². The monoisotopic (exact) mass is 193 g/mol. The fourth-order valence-corrected chi connectivity index (χ4v) is 1.44. The lowest BCUT2D eigenvalue weighted by atomic mass is 10.1. The van der Waals surface area contributed by atoms with Gasteiger partial charge in [-0.25, -0.2) is 0 Å². The number of methoxy groups -OCH3 is 1. The molecule has 0 atom stereocenters. The van der Waals surface area contributed by atoms with Gasteiger partial charge in [0.25, 0.3) is 0 Å². The SMILES string of the molecule is CCNCc1cc(C)c(C)cc1OC. The van der Waals surface area contributed by atoms with E-state index in [1.807, 2.05) is 0 Å². The Morgan fingerprint density at radius 1 is 1.21 bits per heavy atom. The molecule has 0 fully saturated rings. The summed E-state index contributed by atoms with van der Waals surface area (Å²) in [5, 5.41) is 3.31. The third-order valence-electron chi connectivity index (χ3n) is 2.46. The van der Waals surface area contributed by atoms with E-state index in [0.29, 0.717) is 0 Å². The molecule has 1 rings (SSSR count). The van der Waals surface area contributed by atoms with E-state index >= 15 is 0 Å². The van der Waals surface area contributed by atoms with E-state index in [4.69, 9.17) is 4.74 Å². The standard InChI is InChI=1S/C12H19NO/c1-5-13-8-11-6-9(2)10(3)7-12(11)14-4/h6-7,13H,5,8H2,1-4H3. The summed E-state index contributed by atoms with van der Waals surface area (Å²) in [6.07, 6.45) is 0. The zero-order valence-electron chi connectivity index (χ0n) is 9.48. The molecular formula is C12H19NO. The minimum absolute atomic E-state index is 0.876. The minimum atomic E-state index is 0.876. The number of aryl methyl sites for hydroxylation is 2. The van der Waals surface area contributed by atoms with Crippen molar-refractivity contribution in [1.29, 1.82) is 0 Å². The van der Waals surface area contributed by atoms with Crippen LogP contribution in [0.25, 0.3) is 0 Å². The number of rotatable bonds is 4.